The van der Waals surface area contributed by atoms with Gasteiger partial charge in [-0.3, -0.25) is 4.90 Å². The van der Waals surface area contributed by atoms with Crippen molar-refractivity contribution in [3.05, 3.63) is 0 Å². The van der Waals surface area contributed by atoms with Crippen LogP contribution < -0.4 is 0 Å². The maximum absolute atomic E-state index is 12.7. The molecule has 0 saturated carbocycles. The Balaban J connectivity index is 4.19. The zero-order valence-electron chi connectivity index (χ0n) is 5.68. The molecule has 0 amide bonds. The lowest BCUT2D eigenvalue weighted by Gasteiger charge is -2.22. The average Bonchev–Trinajstić information content (AvgIpc) is 1.65. The molecule has 1 unspecified atom stereocenters. The van der Waals surface area contributed by atoms with Gasteiger partial charge in [0.15, 0.2) is 0 Å². The fourth-order valence-electron chi connectivity index (χ4n) is 0.191. The predicted molar refractivity (Wildman–Crippen MR) is 30.8 cm³/mol. The van der Waals surface area contributed by atoms with Crippen LogP contribution in [0.1, 0.15) is 6.92 Å². The molecule has 4 heteroatoms. The highest BCUT2D eigenvalue weighted by molar-refractivity contribution is 5.75. The van der Waals surface area contributed by atoms with Gasteiger partial charge in [-0.1, -0.05) is 0 Å². The van der Waals surface area contributed by atoms with Gasteiger partial charge in [-0.15, -0.1) is 0 Å². The van der Waals surface area contributed by atoms with E-state index in [2.05, 4.69) is 0 Å². The number of likely N-dealkylation sites (N-methyl/N-ethyl adjacent to an activating group) is 1. The maximum Gasteiger partial charge on any atom is 0.356 e. The van der Waals surface area contributed by atoms with Crippen LogP contribution in [-0.2, 0) is 4.79 Å². The van der Waals surface area contributed by atoms with Crippen molar-refractivity contribution < 1.29 is 14.3 Å². The second-order valence-electron chi connectivity index (χ2n) is 2.15. The van der Waals surface area contributed by atoms with Crippen LogP contribution in [0.3, 0.4) is 0 Å². The summed E-state index contributed by atoms with van der Waals surface area (Å²) in [6, 6.07) is 0. The summed E-state index contributed by atoms with van der Waals surface area (Å²) in [5, 5.41) is 8.20. The fourth-order valence-corrected chi connectivity index (χ4v) is 0.191. The van der Waals surface area contributed by atoms with Gasteiger partial charge in [0, 0.05) is 0 Å². The third kappa shape index (κ3) is 1.64. The average molecular weight is 135 g/mol. The van der Waals surface area contributed by atoms with Gasteiger partial charge >= 0.3 is 5.97 Å². The number of carbonyl (C=O) groups is 1. The van der Waals surface area contributed by atoms with Crippen molar-refractivity contribution in [2.24, 2.45) is 0 Å². The molecule has 0 heterocycles. The highest BCUT2D eigenvalue weighted by Crippen LogP contribution is 2.11. The monoisotopic (exact) mass is 135 g/mol. The Bertz CT molecular complexity index is 122. The molecule has 0 aromatic carbocycles. The molecule has 0 aliphatic carbocycles. The molecule has 1 N–H and O–H groups in total. The minimum absolute atomic E-state index is 0.995. The van der Waals surface area contributed by atoms with Gasteiger partial charge in [-0.05, 0) is 21.0 Å². The molecule has 0 saturated heterocycles. The Kier molecular flexibility index (Phi) is 2.14. The number of alkyl halides is 1. The molecule has 0 aliphatic rings. The first kappa shape index (κ1) is 8.36. The van der Waals surface area contributed by atoms with Crippen LogP contribution in [0.25, 0.3) is 0 Å². The SMILES string of the molecule is CN(C)C(C)(F)C(=O)O. The fraction of sp³-hybridized carbons (Fsp3) is 0.800. The summed E-state index contributed by atoms with van der Waals surface area (Å²) < 4.78 is 12.7. The van der Waals surface area contributed by atoms with Crippen LogP contribution in [0.2, 0.25) is 0 Å². The smallest absolute Gasteiger partial charge is 0.356 e. The standard InChI is InChI=1S/C5H10FNO2/c1-5(6,4(8)9)7(2)3/h1-3H3,(H,8,9). The van der Waals surface area contributed by atoms with Crippen molar-refractivity contribution in [2.45, 2.75) is 12.7 Å². The molecule has 9 heavy (non-hydrogen) atoms. The van der Waals surface area contributed by atoms with Gasteiger partial charge in [0.2, 0.25) is 0 Å². The van der Waals surface area contributed by atoms with Crippen LogP contribution in [0.4, 0.5) is 4.39 Å². The molecule has 0 spiro atoms. The molecule has 54 valence electrons. The molecule has 0 fully saturated rings. The Labute approximate surface area is 53.1 Å². The number of aliphatic carboxylic acids is 1. The van der Waals surface area contributed by atoms with E-state index in [-0.39, 0.29) is 0 Å². The number of nitrogens with zero attached hydrogens (tertiary/aromatic N) is 1. The zero-order chi connectivity index (χ0) is 7.65. The lowest BCUT2D eigenvalue weighted by Crippen LogP contribution is -2.44. The molecule has 0 aromatic heterocycles. The molecule has 0 aromatic rings. The van der Waals surface area contributed by atoms with Crippen molar-refractivity contribution in [1.82, 2.24) is 4.90 Å². The van der Waals surface area contributed by atoms with E-state index in [9.17, 15) is 9.18 Å². The Morgan fingerprint density at radius 2 is 2.00 bits per heavy atom. The minimum Gasteiger partial charge on any atom is -0.478 e. The van der Waals surface area contributed by atoms with Crippen molar-refractivity contribution in [3.8, 4) is 0 Å². The van der Waals surface area contributed by atoms with Crippen LogP contribution >= 0.6 is 0 Å². The van der Waals surface area contributed by atoms with Gasteiger partial charge < -0.3 is 5.11 Å². The third-order valence-electron chi connectivity index (χ3n) is 1.23. The van der Waals surface area contributed by atoms with Gasteiger partial charge in [0.1, 0.15) is 0 Å². The summed E-state index contributed by atoms with van der Waals surface area (Å²) in [7, 11) is 2.74. The highest BCUT2D eigenvalue weighted by atomic mass is 19.1. The van der Waals surface area contributed by atoms with Gasteiger partial charge in [-0.2, -0.15) is 0 Å². The lowest BCUT2D eigenvalue weighted by atomic mass is 10.3. The molecular formula is C5H10FNO2. The van der Waals surface area contributed by atoms with E-state index in [0.29, 0.717) is 0 Å². The molecule has 1 atom stereocenters. The highest BCUT2D eigenvalue weighted by Gasteiger charge is 2.34. The topological polar surface area (TPSA) is 40.5 Å². The summed E-state index contributed by atoms with van der Waals surface area (Å²) >= 11 is 0. The number of hydrogen-bond donors (Lipinski definition) is 1. The predicted octanol–water partition coefficient (Wildman–Crippen LogP) is 0.318. The zero-order valence-corrected chi connectivity index (χ0v) is 5.68. The molecule has 0 rings (SSSR count). The minimum atomic E-state index is -2.25. The van der Waals surface area contributed by atoms with Crippen LogP contribution in [0.5, 0.6) is 0 Å². The number of carboxylic acids is 1. The number of halogens is 1. The largest absolute Gasteiger partial charge is 0.478 e. The third-order valence-corrected chi connectivity index (χ3v) is 1.23. The second kappa shape index (κ2) is 2.31. The molecular weight excluding hydrogens is 125 g/mol. The first-order chi connectivity index (χ1) is 3.89. The van der Waals surface area contributed by atoms with E-state index < -0.39 is 11.8 Å². The summed E-state index contributed by atoms with van der Waals surface area (Å²) in [6.45, 7) is 0.995. The Morgan fingerprint density at radius 3 is 2.00 bits per heavy atom. The van der Waals surface area contributed by atoms with E-state index >= 15 is 0 Å². The summed E-state index contributed by atoms with van der Waals surface area (Å²) in [6.07, 6.45) is 0. The molecule has 0 radical (unpaired) electrons. The number of carboxylic acid groups (broad SMARTS) is 1. The lowest BCUT2D eigenvalue weighted by molar-refractivity contribution is -0.160. The van der Waals surface area contributed by atoms with Crippen molar-refractivity contribution in [2.75, 3.05) is 14.1 Å². The van der Waals surface area contributed by atoms with Gasteiger partial charge in [0.25, 0.3) is 5.79 Å². The molecule has 0 bridgehead atoms. The molecule has 3 nitrogen and oxygen atoms in total. The number of rotatable bonds is 2. The quantitative estimate of drug-likeness (QED) is 0.554. The Morgan fingerprint density at radius 1 is 1.67 bits per heavy atom. The Hall–Kier alpha value is -0.640. The summed E-state index contributed by atoms with van der Waals surface area (Å²) in [4.78, 5) is 11.0. The maximum atomic E-state index is 12.7. The summed E-state index contributed by atoms with van der Waals surface area (Å²) in [5.41, 5.74) is 0. The van der Waals surface area contributed by atoms with E-state index in [0.717, 1.165) is 11.8 Å². The van der Waals surface area contributed by atoms with Crippen LogP contribution in [-0.4, -0.2) is 35.9 Å². The van der Waals surface area contributed by atoms with Gasteiger partial charge in [-0.25, -0.2) is 9.18 Å². The van der Waals surface area contributed by atoms with Crippen molar-refractivity contribution in [1.29, 1.82) is 0 Å². The number of hydrogen-bond acceptors (Lipinski definition) is 2. The summed E-state index contributed by atoms with van der Waals surface area (Å²) in [5.74, 6) is -3.72. The van der Waals surface area contributed by atoms with Gasteiger partial charge in [0.05, 0.1) is 0 Å². The molecule has 0 aliphatic heterocycles. The second-order valence-corrected chi connectivity index (χ2v) is 2.15. The van der Waals surface area contributed by atoms with E-state index in [1.807, 2.05) is 0 Å². The van der Waals surface area contributed by atoms with Crippen LogP contribution in [0.15, 0.2) is 0 Å². The van der Waals surface area contributed by atoms with E-state index in [4.69, 9.17) is 5.11 Å². The van der Waals surface area contributed by atoms with Crippen molar-refractivity contribution >= 4 is 5.97 Å². The van der Waals surface area contributed by atoms with Crippen LogP contribution in [0, 0.1) is 0 Å². The normalized spacial score (nSPS) is 17.4. The van der Waals surface area contributed by atoms with E-state index in [1.165, 1.54) is 14.1 Å². The van der Waals surface area contributed by atoms with E-state index in [1.54, 1.807) is 0 Å². The van der Waals surface area contributed by atoms with Crippen molar-refractivity contribution in [3.63, 3.8) is 0 Å². The first-order valence-electron chi connectivity index (χ1n) is 2.48. The first-order valence-corrected chi connectivity index (χ1v) is 2.48.